The number of anilines is 1. The summed E-state index contributed by atoms with van der Waals surface area (Å²) in [6.07, 6.45) is 0. The number of hydrogen-bond donors (Lipinski definition) is 3. The molecule has 0 radical (unpaired) electrons. The molecule has 76 valence electrons. The van der Waals surface area contributed by atoms with Gasteiger partial charge in [0.25, 0.3) is 11.3 Å². The summed E-state index contributed by atoms with van der Waals surface area (Å²) in [7, 11) is 0. The van der Waals surface area contributed by atoms with Crippen LogP contribution >= 0.6 is 0 Å². The van der Waals surface area contributed by atoms with Gasteiger partial charge in [0.15, 0.2) is 0 Å². The molecule has 0 aliphatic carbocycles. The number of rotatable bonds is 2. The lowest BCUT2D eigenvalue weighted by Crippen LogP contribution is -2.29. The SMILES string of the molecule is O=C(Nc1ccc(F)cc1)NS(=O)O. The Hall–Kier alpha value is -1.47. The molecule has 0 aliphatic rings. The monoisotopic (exact) mass is 218 g/mol. The van der Waals surface area contributed by atoms with Gasteiger partial charge in [-0.15, -0.1) is 0 Å². The van der Waals surface area contributed by atoms with Gasteiger partial charge in [-0.1, -0.05) is 0 Å². The van der Waals surface area contributed by atoms with E-state index in [0.717, 1.165) is 12.1 Å². The average Bonchev–Trinajstić information content (AvgIpc) is 2.07. The maximum absolute atomic E-state index is 12.4. The predicted octanol–water partition coefficient (Wildman–Crippen LogP) is 1.08. The molecule has 3 N–H and O–H groups in total. The van der Waals surface area contributed by atoms with E-state index in [1.54, 1.807) is 4.72 Å². The zero-order valence-corrected chi connectivity index (χ0v) is 7.68. The first kappa shape index (κ1) is 10.6. The fourth-order valence-corrected chi connectivity index (χ4v) is 0.979. The van der Waals surface area contributed by atoms with E-state index in [4.69, 9.17) is 4.55 Å². The second-order valence-electron chi connectivity index (χ2n) is 2.31. The maximum Gasteiger partial charge on any atom is 0.332 e. The molecule has 0 bridgehead atoms. The summed E-state index contributed by atoms with van der Waals surface area (Å²) in [6, 6.07) is 4.14. The Labute approximate surface area is 81.7 Å². The van der Waals surface area contributed by atoms with Gasteiger partial charge in [0.1, 0.15) is 5.82 Å². The van der Waals surface area contributed by atoms with Crippen LogP contribution in [0.5, 0.6) is 0 Å². The van der Waals surface area contributed by atoms with Crippen LogP contribution in [-0.4, -0.2) is 14.8 Å². The normalized spacial score (nSPS) is 11.9. The highest BCUT2D eigenvalue weighted by atomic mass is 32.2. The van der Waals surface area contributed by atoms with E-state index in [-0.39, 0.29) is 0 Å². The lowest BCUT2D eigenvalue weighted by molar-refractivity contribution is 0.256. The van der Waals surface area contributed by atoms with Crippen molar-refractivity contribution < 1.29 is 17.9 Å². The first-order valence-electron chi connectivity index (χ1n) is 3.52. The van der Waals surface area contributed by atoms with Crippen LogP contribution in [0.25, 0.3) is 0 Å². The standard InChI is InChI=1S/C7H7FN2O3S/c8-5-1-3-6(4-2-5)9-7(11)10-14(12)13/h1-4H,(H,12,13)(H2,9,10,11). The molecule has 1 aromatic rings. The van der Waals surface area contributed by atoms with Crippen molar-refractivity contribution in [2.24, 2.45) is 0 Å². The van der Waals surface area contributed by atoms with Crippen molar-refractivity contribution in [3.63, 3.8) is 0 Å². The van der Waals surface area contributed by atoms with Gasteiger partial charge >= 0.3 is 6.03 Å². The minimum absolute atomic E-state index is 0.328. The highest BCUT2D eigenvalue weighted by Crippen LogP contribution is 2.07. The molecular formula is C7H7FN2O3S. The highest BCUT2D eigenvalue weighted by molar-refractivity contribution is 7.77. The largest absolute Gasteiger partial charge is 0.332 e. The summed E-state index contributed by atoms with van der Waals surface area (Å²) < 4.78 is 32.5. The number of amides is 2. The first-order valence-corrected chi connectivity index (χ1v) is 4.62. The predicted molar refractivity (Wildman–Crippen MR) is 49.3 cm³/mol. The van der Waals surface area contributed by atoms with E-state index in [0.29, 0.717) is 5.69 Å². The number of benzene rings is 1. The quantitative estimate of drug-likeness (QED) is 0.650. The summed E-state index contributed by atoms with van der Waals surface area (Å²) in [5, 5.41) is 2.23. The molecule has 2 amide bonds. The van der Waals surface area contributed by atoms with Crippen LogP contribution in [0.3, 0.4) is 0 Å². The number of carbonyl (C=O) groups excluding carboxylic acids is 1. The third-order valence-corrected chi connectivity index (χ3v) is 1.64. The third-order valence-electron chi connectivity index (χ3n) is 1.28. The molecule has 0 spiro atoms. The van der Waals surface area contributed by atoms with E-state index in [1.165, 1.54) is 12.1 Å². The second-order valence-corrected chi connectivity index (χ2v) is 3.01. The van der Waals surface area contributed by atoms with Crippen LogP contribution in [-0.2, 0) is 11.3 Å². The van der Waals surface area contributed by atoms with Crippen LogP contribution < -0.4 is 10.0 Å². The minimum Gasteiger partial charge on any atom is -0.307 e. The number of hydrogen-bond acceptors (Lipinski definition) is 2. The number of halogens is 1. The molecule has 1 unspecified atom stereocenters. The Morgan fingerprint density at radius 3 is 2.43 bits per heavy atom. The molecule has 1 atom stereocenters. The lowest BCUT2D eigenvalue weighted by atomic mass is 10.3. The van der Waals surface area contributed by atoms with Gasteiger partial charge in [0, 0.05) is 5.69 Å². The Morgan fingerprint density at radius 2 is 1.93 bits per heavy atom. The molecule has 14 heavy (non-hydrogen) atoms. The van der Waals surface area contributed by atoms with Crippen LogP contribution in [0.2, 0.25) is 0 Å². The molecule has 0 aliphatic heterocycles. The topological polar surface area (TPSA) is 78.4 Å². The molecule has 1 rings (SSSR count). The van der Waals surface area contributed by atoms with Gasteiger partial charge in [-0.25, -0.2) is 18.1 Å². The number of urea groups is 1. The molecule has 1 aromatic carbocycles. The van der Waals surface area contributed by atoms with E-state index < -0.39 is 23.1 Å². The summed E-state index contributed by atoms with van der Waals surface area (Å²) in [5.74, 6) is -0.429. The van der Waals surface area contributed by atoms with Crippen molar-refractivity contribution in [1.82, 2.24) is 4.72 Å². The van der Waals surface area contributed by atoms with Crippen LogP contribution in [0.4, 0.5) is 14.9 Å². The van der Waals surface area contributed by atoms with Gasteiger partial charge in [-0.05, 0) is 24.3 Å². The molecule has 7 heteroatoms. The van der Waals surface area contributed by atoms with Crippen molar-refractivity contribution in [2.45, 2.75) is 0 Å². The van der Waals surface area contributed by atoms with Crippen molar-refractivity contribution in [1.29, 1.82) is 0 Å². The molecule has 0 saturated heterocycles. The molecule has 0 fully saturated rings. The Bertz CT molecular complexity index is 354. The molecule has 0 saturated carbocycles. The van der Waals surface area contributed by atoms with Crippen LogP contribution in [0, 0.1) is 5.82 Å². The zero-order valence-electron chi connectivity index (χ0n) is 6.86. The van der Waals surface area contributed by atoms with Crippen molar-refractivity contribution in [3.8, 4) is 0 Å². The summed E-state index contributed by atoms with van der Waals surface area (Å²) in [4.78, 5) is 10.8. The minimum atomic E-state index is -2.41. The number of carbonyl (C=O) groups is 1. The van der Waals surface area contributed by atoms with Gasteiger partial charge in [-0.3, -0.25) is 4.55 Å². The van der Waals surface area contributed by atoms with Crippen molar-refractivity contribution in [3.05, 3.63) is 30.1 Å². The summed E-state index contributed by atoms with van der Waals surface area (Å²) in [6.45, 7) is 0. The van der Waals surface area contributed by atoms with E-state index in [9.17, 15) is 13.4 Å². The Morgan fingerprint density at radius 1 is 1.36 bits per heavy atom. The molecule has 0 heterocycles. The Balaban J connectivity index is 2.56. The maximum atomic E-state index is 12.4. The highest BCUT2D eigenvalue weighted by Gasteiger charge is 2.03. The molecule has 0 aromatic heterocycles. The smallest absolute Gasteiger partial charge is 0.307 e. The van der Waals surface area contributed by atoms with E-state index in [1.807, 2.05) is 0 Å². The van der Waals surface area contributed by atoms with Gasteiger partial charge < -0.3 is 5.32 Å². The third kappa shape index (κ3) is 3.50. The number of nitrogens with one attached hydrogen (secondary N) is 2. The average molecular weight is 218 g/mol. The van der Waals surface area contributed by atoms with Crippen molar-refractivity contribution in [2.75, 3.05) is 5.32 Å². The van der Waals surface area contributed by atoms with Gasteiger partial charge in [0.05, 0.1) is 0 Å². The fourth-order valence-electron chi connectivity index (χ4n) is 0.769. The Kier molecular flexibility index (Phi) is 3.55. The first-order chi connectivity index (χ1) is 6.58. The zero-order chi connectivity index (χ0) is 10.6. The van der Waals surface area contributed by atoms with E-state index in [2.05, 4.69) is 5.32 Å². The van der Waals surface area contributed by atoms with E-state index >= 15 is 0 Å². The van der Waals surface area contributed by atoms with Gasteiger partial charge in [-0.2, -0.15) is 0 Å². The second kappa shape index (κ2) is 4.68. The fraction of sp³-hybridized carbons (Fsp3) is 0. The molecule has 5 nitrogen and oxygen atoms in total. The summed E-state index contributed by atoms with van der Waals surface area (Å²) >= 11 is -2.41. The lowest BCUT2D eigenvalue weighted by Gasteiger charge is -2.03. The van der Waals surface area contributed by atoms with Crippen LogP contribution in [0.1, 0.15) is 0 Å². The molecular weight excluding hydrogens is 211 g/mol. The van der Waals surface area contributed by atoms with Crippen molar-refractivity contribution >= 4 is 23.0 Å². The summed E-state index contributed by atoms with van der Waals surface area (Å²) in [5.41, 5.74) is 0.328. The van der Waals surface area contributed by atoms with Gasteiger partial charge in [0.2, 0.25) is 0 Å². The van der Waals surface area contributed by atoms with Crippen LogP contribution in [0.15, 0.2) is 24.3 Å².